The van der Waals surface area contributed by atoms with E-state index in [1.165, 1.54) is 18.6 Å². The van der Waals surface area contributed by atoms with Gasteiger partial charge in [0.15, 0.2) is 0 Å². The van der Waals surface area contributed by atoms with E-state index in [9.17, 15) is 4.79 Å². The van der Waals surface area contributed by atoms with Crippen molar-refractivity contribution in [3.63, 3.8) is 0 Å². The minimum absolute atomic E-state index is 0.371. The van der Waals surface area contributed by atoms with E-state index in [-0.39, 0.29) is 6.10 Å². The minimum atomic E-state index is -0.815. The number of carboxylic acid groups (broad SMARTS) is 1. The molecule has 1 fully saturated rings. The summed E-state index contributed by atoms with van der Waals surface area (Å²) in [4.78, 5) is 11.8. The van der Waals surface area contributed by atoms with Gasteiger partial charge in [-0.25, -0.2) is 0 Å². The van der Waals surface area contributed by atoms with Crippen LogP contribution in [0, 0.1) is 5.92 Å². The van der Waals surface area contributed by atoms with Gasteiger partial charge >= 0.3 is 5.97 Å². The minimum Gasteiger partial charge on any atom is -0.481 e. The first-order chi connectivity index (χ1) is 7.22. The van der Waals surface area contributed by atoms with Crippen molar-refractivity contribution in [1.82, 2.24) is 4.37 Å². The zero-order chi connectivity index (χ0) is 10.8. The third-order valence-electron chi connectivity index (χ3n) is 2.41. The van der Waals surface area contributed by atoms with Gasteiger partial charge in [-0.2, -0.15) is 4.37 Å². The molecule has 0 aliphatic carbocycles. The predicted molar refractivity (Wildman–Crippen MR) is 53.1 cm³/mol. The summed E-state index contributed by atoms with van der Waals surface area (Å²) in [6.07, 6.45) is 0.184. The standard InChI is InChI=1S/C9H11NO4S/c1-13-7-4-6(15-10-7)8-5(9(11)12)2-3-14-8/h4-5,8H,2-3H2,1H3,(H,11,12). The Kier molecular flexibility index (Phi) is 2.88. The maximum Gasteiger partial charge on any atom is 0.309 e. The maximum atomic E-state index is 10.9. The SMILES string of the molecule is COc1cc(C2OCCC2C(=O)O)sn1. The molecule has 6 heteroatoms. The van der Waals surface area contributed by atoms with E-state index in [0.717, 1.165) is 4.88 Å². The fraction of sp³-hybridized carbons (Fsp3) is 0.556. The number of rotatable bonds is 3. The summed E-state index contributed by atoms with van der Waals surface area (Å²) in [5.74, 6) is -0.769. The van der Waals surface area contributed by atoms with E-state index in [2.05, 4.69) is 4.37 Å². The number of hydrogen-bond donors (Lipinski definition) is 1. The van der Waals surface area contributed by atoms with E-state index < -0.39 is 11.9 Å². The van der Waals surface area contributed by atoms with Gasteiger partial charge in [0.2, 0.25) is 5.88 Å². The number of methoxy groups -OCH3 is 1. The van der Waals surface area contributed by atoms with Crippen molar-refractivity contribution in [2.75, 3.05) is 13.7 Å². The summed E-state index contributed by atoms with van der Waals surface area (Å²) in [6.45, 7) is 0.488. The van der Waals surface area contributed by atoms with E-state index in [4.69, 9.17) is 14.6 Å². The van der Waals surface area contributed by atoms with E-state index in [0.29, 0.717) is 18.9 Å². The predicted octanol–water partition coefficient (Wildman–Crippen LogP) is 1.31. The van der Waals surface area contributed by atoms with Gasteiger partial charge in [-0.15, -0.1) is 0 Å². The van der Waals surface area contributed by atoms with Crippen LogP contribution in [-0.4, -0.2) is 29.2 Å². The lowest BCUT2D eigenvalue weighted by atomic mass is 10.0. The van der Waals surface area contributed by atoms with Gasteiger partial charge in [-0.1, -0.05) is 0 Å². The number of hydrogen-bond acceptors (Lipinski definition) is 5. The van der Waals surface area contributed by atoms with Crippen LogP contribution >= 0.6 is 11.5 Å². The molecule has 1 aliphatic heterocycles. The van der Waals surface area contributed by atoms with Crippen molar-refractivity contribution < 1.29 is 19.4 Å². The molecule has 1 N–H and O–H groups in total. The number of carboxylic acids is 1. The molecule has 15 heavy (non-hydrogen) atoms. The quantitative estimate of drug-likeness (QED) is 0.846. The molecule has 1 aromatic heterocycles. The van der Waals surface area contributed by atoms with Crippen LogP contribution in [-0.2, 0) is 9.53 Å². The van der Waals surface area contributed by atoms with Gasteiger partial charge in [0.25, 0.3) is 0 Å². The summed E-state index contributed by atoms with van der Waals surface area (Å²) in [6, 6.07) is 1.73. The van der Waals surface area contributed by atoms with Crippen LogP contribution in [0.5, 0.6) is 5.88 Å². The fourth-order valence-corrected chi connectivity index (χ4v) is 2.44. The van der Waals surface area contributed by atoms with Crippen molar-refractivity contribution in [3.05, 3.63) is 10.9 Å². The lowest BCUT2D eigenvalue weighted by Gasteiger charge is -2.11. The Hall–Kier alpha value is -1.14. The summed E-state index contributed by atoms with van der Waals surface area (Å²) in [5.41, 5.74) is 0. The van der Waals surface area contributed by atoms with Crippen LogP contribution in [0.15, 0.2) is 6.07 Å². The fourth-order valence-electron chi connectivity index (χ4n) is 1.63. The molecule has 5 nitrogen and oxygen atoms in total. The van der Waals surface area contributed by atoms with Crippen molar-refractivity contribution >= 4 is 17.5 Å². The molecule has 2 atom stereocenters. The molecule has 82 valence electrons. The Balaban J connectivity index is 2.18. The molecule has 1 aliphatic rings. The topological polar surface area (TPSA) is 68.7 Å². The average Bonchev–Trinajstić information content (AvgIpc) is 2.85. The van der Waals surface area contributed by atoms with Gasteiger partial charge in [0.1, 0.15) is 6.10 Å². The second-order valence-corrected chi connectivity index (χ2v) is 4.13. The van der Waals surface area contributed by atoms with Crippen molar-refractivity contribution in [2.24, 2.45) is 5.92 Å². The highest BCUT2D eigenvalue weighted by molar-refractivity contribution is 7.06. The molecule has 0 amide bonds. The summed E-state index contributed by atoms with van der Waals surface area (Å²) < 4.78 is 14.4. The highest BCUT2D eigenvalue weighted by Crippen LogP contribution is 2.37. The van der Waals surface area contributed by atoms with Crippen LogP contribution in [0.4, 0.5) is 0 Å². The van der Waals surface area contributed by atoms with E-state index in [1.54, 1.807) is 6.07 Å². The summed E-state index contributed by atoms with van der Waals surface area (Å²) in [5, 5.41) is 8.98. The first-order valence-electron chi connectivity index (χ1n) is 4.57. The third-order valence-corrected chi connectivity index (χ3v) is 3.24. The number of nitrogens with zero attached hydrogens (tertiary/aromatic N) is 1. The smallest absolute Gasteiger partial charge is 0.309 e. The van der Waals surface area contributed by atoms with Crippen molar-refractivity contribution in [2.45, 2.75) is 12.5 Å². The Morgan fingerprint density at radius 2 is 2.60 bits per heavy atom. The normalized spacial score (nSPS) is 25.4. The Labute approximate surface area is 90.8 Å². The second-order valence-electron chi connectivity index (χ2n) is 3.30. The first-order valence-corrected chi connectivity index (χ1v) is 5.34. The molecule has 0 spiro atoms. The summed E-state index contributed by atoms with van der Waals surface area (Å²) >= 11 is 1.23. The maximum absolute atomic E-state index is 10.9. The zero-order valence-electron chi connectivity index (χ0n) is 8.17. The van der Waals surface area contributed by atoms with Crippen LogP contribution in [0.3, 0.4) is 0 Å². The molecular weight excluding hydrogens is 218 g/mol. The zero-order valence-corrected chi connectivity index (χ0v) is 8.99. The van der Waals surface area contributed by atoms with E-state index >= 15 is 0 Å². The van der Waals surface area contributed by atoms with Crippen molar-refractivity contribution in [1.29, 1.82) is 0 Å². The Bertz CT molecular complexity index is 365. The highest BCUT2D eigenvalue weighted by Gasteiger charge is 2.36. The lowest BCUT2D eigenvalue weighted by molar-refractivity contribution is -0.143. The van der Waals surface area contributed by atoms with Gasteiger partial charge in [-0.3, -0.25) is 4.79 Å². The molecule has 0 aromatic carbocycles. The summed E-state index contributed by atoms with van der Waals surface area (Å²) in [7, 11) is 1.53. The Morgan fingerprint density at radius 1 is 1.80 bits per heavy atom. The van der Waals surface area contributed by atoms with E-state index in [1.807, 2.05) is 0 Å². The lowest BCUT2D eigenvalue weighted by Crippen LogP contribution is -2.16. The largest absolute Gasteiger partial charge is 0.481 e. The van der Waals surface area contributed by atoms with Gasteiger partial charge in [0.05, 0.1) is 17.9 Å². The van der Waals surface area contributed by atoms with Crippen LogP contribution in [0.1, 0.15) is 17.4 Å². The number of ether oxygens (including phenoxy) is 2. The van der Waals surface area contributed by atoms with Gasteiger partial charge < -0.3 is 14.6 Å². The molecule has 2 heterocycles. The monoisotopic (exact) mass is 229 g/mol. The van der Waals surface area contributed by atoms with Crippen LogP contribution in [0.25, 0.3) is 0 Å². The van der Waals surface area contributed by atoms with Crippen molar-refractivity contribution in [3.8, 4) is 5.88 Å². The molecule has 0 saturated carbocycles. The number of aromatic nitrogens is 1. The molecule has 0 radical (unpaired) electrons. The van der Waals surface area contributed by atoms with Crippen LogP contribution in [0.2, 0.25) is 0 Å². The van der Waals surface area contributed by atoms with Gasteiger partial charge in [0, 0.05) is 12.7 Å². The first kappa shape index (κ1) is 10.4. The molecule has 0 bridgehead atoms. The molecule has 1 saturated heterocycles. The Morgan fingerprint density at radius 3 is 3.20 bits per heavy atom. The number of aliphatic carboxylic acids is 1. The molecular formula is C9H11NO4S. The molecule has 2 rings (SSSR count). The average molecular weight is 229 g/mol. The molecule has 1 aromatic rings. The van der Waals surface area contributed by atoms with Gasteiger partial charge in [-0.05, 0) is 18.0 Å². The number of carbonyl (C=O) groups is 1. The van der Waals surface area contributed by atoms with Crippen LogP contribution < -0.4 is 4.74 Å². The molecule has 2 unspecified atom stereocenters. The third kappa shape index (κ3) is 1.95. The second kappa shape index (κ2) is 4.16. The highest BCUT2D eigenvalue weighted by atomic mass is 32.1.